The lowest BCUT2D eigenvalue weighted by Gasteiger charge is -2.14. The Balaban J connectivity index is 2.12. The molecule has 0 unspecified atom stereocenters. The number of benzene rings is 1. The van der Waals surface area contributed by atoms with Crippen LogP contribution >= 0.6 is 11.8 Å². The summed E-state index contributed by atoms with van der Waals surface area (Å²) in [4.78, 5) is 0.542. The number of alkyl halides is 3. The molecule has 3 rings (SSSR count). The van der Waals surface area contributed by atoms with Gasteiger partial charge in [-0.1, -0.05) is 0 Å². The highest BCUT2D eigenvalue weighted by atomic mass is 32.2. The van der Waals surface area contributed by atoms with Crippen LogP contribution in [0.4, 0.5) is 13.2 Å². The molecule has 1 aromatic carbocycles. The fraction of sp³-hybridized carbons (Fsp3) is 0.429. The highest BCUT2D eigenvalue weighted by Gasteiger charge is 2.31. The summed E-state index contributed by atoms with van der Waals surface area (Å²) in [5.41, 5.74) is 7.89. The monoisotopic (exact) mass is 317 g/mol. The van der Waals surface area contributed by atoms with Gasteiger partial charge in [-0.15, -0.1) is 11.8 Å². The minimum Gasteiger partial charge on any atom is -0.493 e. The summed E-state index contributed by atoms with van der Waals surface area (Å²) >= 11 is 0.764. The van der Waals surface area contributed by atoms with Crippen molar-refractivity contribution < 1.29 is 22.3 Å². The third-order valence-corrected chi connectivity index (χ3v) is 4.58. The van der Waals surface area contributed by atoms with Crippen LogP contribution in [0.25, 0.3) is 11.0 Å². The Labute approximate surface area is 123 Å². The van der Waals surface area contributed by atoms with Crippen molar-refractivity contribution in [3.05, 3.63) is 23.5 Å². The maximum atomic E-state index is 12.5. The van der Waals surface area contributed by atoms with E-state index >= 15 is 0 Å². The molecular weight excluding hydrogens is 303 g/mol. The first kappa shape index (κ1) is 14.6. The first-order valence-electron chi connectivity index (χ1n) is 6.58. The zero-order valence-electron chi connectivity index (χ0n) is 11.1. The van der Waals surface area contributed by atoms with Gasteiger partial charge in [0.15, 0.2) is 0 Å². The van der Waals surface area contributed by atoms with Gasteiger partial charge in [-0.25, -0.2) is 0 Å². The van der Waals surface area contributed by atoms with Crippen LogP contribution in [0.15, 0.2) is 21.6 Å². The zero-order valence-corrected chi connectivity index (χ0v) is 11.9. The van der Waals surface area contributed by atoms with Crippen LogP contribution in [0.3, 0.4) is 0 Å². The van der Waals surface area contributed by atoms with Crippen LogP contribution in [0, 0.1) is 0 Å². The predicted octanol–water partition coefficient (Wildman–Crippen LogP) is 3.52. The molecule has 0 saturated carbocycles. The van der Waals surface area contributed by atoms with E-state index in [1.807, 2.05) is 0 Å². The summed E-state index contributed by atoms with van der Waals surface area (Å²) in [6.45, 7) is 0.935. The molecule has 3 nitrogen and oxygen atoms in total. The summed E-state index contributed by atoms with van der Waals surface area (Å²) in [6, 6.07) is 1.76. The van der Waals surface area contributed by atoms with Crippen molar-refractivity contribution in [1.29, 1.82) is 0 Å². The normalized spacial score (nSPS) is 14.5. The standard InChI is InChI=1S/C14H14F3NO2S/c15-14(16,17)7-21-13-10-3-6-19-11(10)8(1-4-18)9-2-5-20-12(9)13/h2,5H,1,3-4,6-7,18H2. The second kappa shape index (κ2) is 5.46. The van der Waals surface area contributed by atoms with E-state index in [1.54, 1.807) is 6.07 Å². The maximum absolute atomic E-state index is 12.5. The number of nitrogens with two attached hydrogens (primary N) is 1. The second-order valence-corrected chi connectivity index (χ2v) is 5.81. The molecular formula is C14H14F3NO2S. The molecule has 0 saturated heterocycles. The van der Waals surface area contributed by atoms with E-state index in [2.05, 4.69) is 0 Å². The molecule has 0 amide bonds. The molecule has 2 N–H and O–H groups in total. The molecule has 0 bridgehead atoms. The predicted molar refractivity (Wildman–Crippen MR) is 75.0 cm³/mol. The van der Waals surface area contributed by atoms with Gasteiger partial charge in [0, 0.05) is 22.9 Å². The highest BCUT2D eigenvalue weighted by molar-refractivity contribution is 7.99. The number of ether oxygens (including phenoxy) is 1. The lowest BCUT2D eigenvalue weighted by molar-refractivity contribution is -0.105. The SMILES string of the molecule is NCCc1c2c(c(SCC(F)(F)F)c3occc13)CCO2. The minimum atomic E-state index is -4.22. The summed E-state index contributed by atoms with van der Waals surface area (Å²) in [6.07, 6.45) is -1.50. The Morgan fingerprint density at radius 1 is 1.33 bits per heavy atom. The Bertz CT molecular complexity index is 666. The fourth-order valence-corrected chi connectivity index (χ4v) is 3.59. The first-order valence-corrected chi connectivity index (χ1v) is 7.57. The molecule has 114 valence electrons. The number of hydrogen-bond donors (Lipinski definition) is 1. The van der Waals surface area contributed by atoms with Crippen LogP contribution in [0.2, 0.25) is 0 Å². The molecule has 1 aromatic heterocycles. The number of fused-ring (bicyclic) bond motifs is 2. The molecule has 0 fully saturated rings. The number of hydrogen-bond acceptors (Lipinski definition) is 4. The number of furan rings is 1. The molecule has 0 spiro atoms. The van der Waals surface area contributed by atoms with Crippen molar-refractivity contribution in [2.75, 3.05) is 18.9 Å². The fourth-order valence-electron chi connectivity index (χ4n) is 2.62. The van der Waals surface area contributed by atoms with Crippen molar-refractivity contribution >= 4 is 22.7 Å². The summed E-state index contributed by atoms with van der Waals surface area (Å²) in [7, 11) is 0. The van der Waals surface area contributed by atoms with Crippen molar-refractivity contribution in [1.82, 2.24) is 0 Å². The Morgan fingerprint density at radius 3 is 2.86 bits per heavy atom. The van der Waals surface area contributed by atoms with Crippen LogP contribution in [0.5, 0.6) is 5.75 Å². The smallest absolute Gasteiger partial charge is 0.398 e. The van der Waals surface area contributed by atoms with E-state index in [4.69, 9.17) is 14.9 Å². The zero-order chi connectivity index (χ0) is 15.0. The summed E-state index contributed by atoms with van der Waals surface area (Å²) < 4.78 is 48.6. The van der Waals surface area contributed by atoms with Crippen molar-refractivity contribution in [2.24, 2.45) is 5.73 Å². The number of rotatable bonds is 4. The average molecular weight is 317 g/mol. The van der Waals surface area contributed by atoms with Gasteiger partial charge in [0.25, 0.3) is 0 Å². The molecule has 2 aromatic rings. The van der Waals surface area contributed by atoms with E-state index in [0.717, 1.165) is 28.3 Å². The van der Waals surface area contributed by atoms with E-state index in [9.17, 15) is 13.2 Å². The molecule has 21 heavy (non-hydrogen) atoms. The average Bonchev–Trinajstić information content (AvgIpc) is 3.04. The lowest BCUT2D eigenvalue weighted by atomic mass is 10.0. The second-order valence-electron chi connectivity index (χ2n) is 4.82. The summed E-state index contributed by atoms with van der Waals surface area (Å²) in [5.74, 6) is -0.245. The van der Waals surface area contributed by atoms with Gasteiger partial charge < -0.3 is 14.9 Å². The van der Waals surface area contributed by atoms with Crippen molar-refractivity contribution in [3.8, 4) is 5.75 Å². The van der Waals surface area contributed by atoms with E-state index in [-0.39, 0.29) is 0 Å². The topological polar surface area (TPSA) is 48.4 Å². The third kappa shape index (κ3) is 2.72. The molecule has 0 aliphatic carbocycles. The molecule has 2 heterocycles. The highest BCUT2D eigenvalue weighted by Crippen LogP contribution is 2.45. The lowest BCUT2D eigenvalue weighted by Crippen LogP contribution is -2.11. The Hall–Kier alpha value is -1.34. The Morgan fingerprint density at radius 2 is 2.14 bits per heavy atom. The minimum absolute atomic E-state index is 0.450. The van der Waals surface area contributed by atoms with Crippen LogP contribution in [-0.2, 0) is 12.8 Å². The van der Waals surface area contributed by atoms with Crippen molar-refractivity contribution in [3.63, 3.8) is 0 Å². The molecule has 1 aliphatic rings. The van der Waals surface area contributed by atoms with Crippen molar-refractivity contribution in [2.45, 2.75) is 23.9 Å². The van der Waals surface area contributed by atoms with Gasteiger partial charge in [0.05, 0.1) is 23.5 Å². The molecule has 1 aliphatic heterocycles. The summed E-state index contributed by atoms with van der Waals surface area (Å²) in [5, 5.41) is 0.797. The van der Waals surface area contributed by atoms with Gasteiger partial charge in [-0.2, -0.15) is 13.2 Å². The molecule has 7 heteroatoms. The quantitative estimate of drug-likeness (QED) is 0.877. The molecule has 0 radical (unpaired) electrons. The number of halogens is 3. The largest absolute Gasteiger partial charge is 0.493 e. The van der Waals surface area contributed by atoms with E-state index < -0.39 is 11.9 Å². The van der Waals surface area contributed by atoms with Crippen LogP contribution < -0.4 is 10.5 Å². The van der Waals surface area contributed by atoms with Gasteiger partial charge in [0.1, 0.15) is 11.3 Å². The van der Waals surface area contributed by atoms with Gasteiger partial charge in [0.2, 0.25) is 0 Å². The first-order chi connectivity index (χ1) is 10.0. The van der Waals surface area contributed by atoms with E-state index in [1.165, 1.54) is 6.26 Å². The third-order valence-electron chi connectivity index (χ3n) is 3.39. The van der Waals surface area contributed by atoms with E-state index in [0.29, 0.717) is 42.2 Å². The van der Waals surface area contributed by atoms with Crippen LogP contribution in [-0.4, -0.2) is 25.1 Å². The maximum Gasteiger partial charge on any atom is 0.398 e. The van der Waals surface area contributed by atoms with Crippen LogP contribution in [0.1, 0.15) is 11.1 Å². The Kier molecular flexibility index (Phi) is 3.79. The number of thioether (sulfide) groups is 1. The van der Waals surface area contributed by atoms with Gasteiger partial charge >= 0.3 is 6.18 Å². The molecule has 0 atom stereocenters. The van der Waals surface area contributed by atoms with Gasteiger partial charge in [-0.05, 0) is 19.0 Å². The van der Waals surface area contributed by atoms with Gasteiger partial charge in [-0.3, -0.25) is 0 Å².